The van der Waals surface area contributed by atoms with Crippen molar-refractivity contribution in [1.29, 1.82) is 0 Å². The van der Waals surface area contributed by atoms with Crippen molar-refractivity contribution < 1.29 is 22.8 Å². The van der Waals surface area contributed by atoms with Gasteiger partial charge in [-0.25, -0.2) is 0 Å². The van der Waals surface area contributed by atoms with Crippen molar-refractivity contribution in [3.05, 3.63) is 46.9 Å². The Morgan fingerprint density at radius 2 is 2.00 bits per heavy atom. The van der Waals surface area contributed by atoms with E-state index in [0.29, 0.717) is 28.3 Å². The van der Waals surface area contributed by atoms with Crippen LogP contribution in [0.4, 0.5) is 25.1 Å². The molecule has 33 heavy (non-hydrogen) atoms. The van der Waals surface area contributed by atoms with Gasteiger partial charge in [-0.15, -0.1) is 0 Å². The highest BCUT2D eigenvalue weighted by atomic mass is 19.4. The Kier molecular flexibility index (Phi) is 4.95. The van der Waals surface area contributed by atoms with Crippen LogP contribution in [0.15, 0.2) is 30.1 Å². The second-order valence-electron chi connectivity index (χ2n) is 7.75. The van der Waals surface area contributed by atoms with Crippen molar-refractivity contribution in [3.63, 3.8) is 0 Å². The summed E-state index contributed by atoms with van der Waals surface area (Å²) in [6, 6.07) is 2.50. The SMILES string of the molecule is O=C1C/C(=C\c2cnn3c(NC4CC4)nc(NCc4ccc(C(F)(F)F)nc4)nc23)C(=O)N1. The van der Waals surface area contributed by atoms with Crippen molar-refractivity contribution in [2.45, 2.75) is 38.0 Å². The Hall–Kier alpha value is -4.03. The monoisotopic (exact) mass is 458 g/mol. The Morgan fingerprint density at radius 3 is 2.64 bits per heavy atom. The number of fused-ring (bicyclic) bond motifs is 1. The third-order valence-electron chi connectivity index (χ3n) is 5.10. The van der Waals surface area contributed by atoms with Crippen LogP contribution in [-0.4, -0.2) is 42.4 Å². The molecule has 0 spiro atoms. The highest BCUT2D eigenvalue weighted by Gasteiger charge is 2.32. The number of rotatable bonds is 6. The second kappa shape index (κ2) is 7.83. The minimum absolute atomic E-state index is 0.0273. The van der Waals surface area contributed by atoms with Gasteiger partial charge in [-0.05, 0) is 30.5 Å². The summed E-state index contributed by atoms with van der Waals surface area (Å²) in [5.41, 5.74) is 0.776. The summed E-state index contributed by atoms with van der Waals surface area (Å²) >= 11 is 0. The molecular formula is C20H17F3N8O2. The average molecular weight is 458 g/mol. The molecule has 13 heteroatoms. The van der Waals surface area contributed by atoms with Gasteiger partial charge in [0.05, 0.1) is 12.6 Å². The second-order valence-corrected chi connectivity index (χ2v) is 7.75. The van der Waals surface area contributed by atoms with Gasteiger partial charge in [-0.3, -0.25) is 19.9 Å². The predicted octanol–water partition coefficient (Wildman–Crippen LogP) is 2.15. The van der Waals surface area contributed by atoms with Crippen LogP contribution in [0, 0.1) is 0 Å². The standard InChI is InChI=1S/C20H17F3N8O2/c21-20(22,23)14-4-1-10(7-24-14)8-25-18-29-16-12(5-11-6-15(32)28-17(11)33)9-26-31(16)19(30-18)27-13-2-3-13/h1,4-5,7,9,13H,2-3,6,8H2,(H,28,32,33)(H2,25,27,29,30)/b11-5+. The average Bonchev–Trinajstić information content (AvgIpc) is 3.40. The molecule has 0 atom stereocenters. The van der Waals surface area contributed by atoms with Crippen molar-refractivity contribution >= 4 is 35.4 Å². The van der Waals surface area contributed by atoms with Gasteiger partial charge in [0, 0.05) is 29.9 Å². The van der Waals surface area contributed by atoms with E-state index in [4.69, 9.17) is 0 Å². The molecule has 0 radical (unpaired) electrons. The number of alkyl halides is 3. The molecule has 0 unspecified atom stereocenters. The minimum atomic E-state index is -4.50. The number of pyridine rings is 1. The lowest BCUT2D eigenvalue weighted by atomic mass is 10.1. The molecule has 0 aromatic carbocycles. The quantitative estimate of drug-likeness (QED) is 0.379. The topological polar surface area (TPSA) is 126 Å². The number of hydrogen-bond donors (Lipinski definition) is 3. The van der Waals surface area contributed by atoms with Crippen LogP contribution in [-0.2, 0) is 22.3 Å². The number of carbonyl (C=O) groups is 2. The van der Waals surface area contributed by atoms with E-state index in [-0.39, 0.29) is 30.9 Å². The summed E-state index contributed by atoms with van der Waals surface area (Å²) < 4.78 is 39.6. The highest BCUT2D eigenvalue weighted by Crippen LogP contribution is 2.28. The fraction of sp³-hybridized carbons (Fsp3) is 0.300. The largest absolute Gasteiger partial charge is 0.433 e. The van der Waals surface area contributed by atoms with Gasteiger partial charge in [0.1, 0.15) is 5.69 Å². The van der Waals surface area contributed by atoms with E-state index in [1.54, 1.807) is 6.08 Å². The maximum atomic E-state index is 12.7. The van der Waals surface area contributed by atoms with Crippen LogP contribution in [0.3, 0.4) is 0 Å². The molecule has 2 fully saturated rings. The van der Waals surface area contributed by atoms with Gasteiger partial charge in [0.2, 0.25) is 17.8 Å². The molecule has 5 rings (SSSR count). The van der Waals surface area contributed by atoms with Gasteiger partial charge < -0.3 is 10.6 Å². The fourth-order valence-electron chi connectivity index (χ4n) is 3.27. The number of nitrogens with zero attached hydrogens (tertiary/aromatic N) is 5. The minimum Gasteiger partial charge on any atom is -0.351 e. The first kappa shape index (κ1) is 20.8. The molecule has 2 amide bonds. The maximum absolute atomic E-state index is 12.7. The van der Waals surface area contributed by atoms with Gasteiger partial charge in [0.25, 0.3) is 5.91 Å². The summed E-state index contributed by atoms with van der Waals surface area (Å²) in [5.74, 6) is -0.177. The van der Waals surface area contributed by atoms with E-state index in [9.17, 15) is 22.8 Å². The zero-order valence-electron chi connectivity index (χ0n) is 17.0. The smallest absolute Gasteiger partial charge is 0.351 e. The first-order valence-corrected chi connectivity index (χ1v) is 10.1. The summed E-state index contributed by atoms with van der Waals surface area (Å²) in [5, 5.41) is 12.8. The highest BCUT2D eigenvalue weighted by molar-refractivity contribution is 6.15. The number of anilines is 2. The molecule has 170 valence electrons. The van der Waals surface area contributed by atoms with Crippen molar-refractivity contribution in [2.75, 3.05) is 10.6 Å². The molecule has 1 saturated carbocycles. The number of nitrogens with one attached hydrogen (secondary N) is 3. The van der Waals surface area contributed by atoms with Crippen molar-refractivity contribution in [1.82, 2.24) is 29.9 Å². The molecule has 4 heterocycles. The van der Waals surface area contributed by atoms with Crippen LogP contribution in [0.1, 0.15) is 36.1 Å². The lowest BCUT2D eigenvalue weighted by molar-refractivity contribution is -0.141. The maximum Gasteiger partial charge on any atom is 0.433 e. The Labute approximate surface area is 184 Å². The van der Waals surface area contributed by atoms with E-state index in [0.717, 1.165) is 25.1 Å². The molecule has 10 nitrogen and oxygen atoms in total. The number of halogens is 3. The van der Waals surface area contributed by atoms with E-state index in [2.05, 4.69) is 36.0 Å². The van der Waals surface area contributed by atoms with Crippen LogP contribution >= 0.6 is 0 Å². The molecule has 1 aliphatic carbocycles. The van der Waals surface area contributed by atoms with E-state index in [1.165, 1.54) is 16.8 Å². The number of amides is 2. The zero-order chi connectivity index (χ0) is 23.2. The Balaban J connectivity index is 1.43. The van der Waals surface area contributed by atoms with Gasteiger partial charge in [-0.1, -0.05) is 6.07 Å². The third-order valence-corrected chi connectivity index (χ3v) is 5.10. The normalized spacial score (nSPS) is 17.6. The summed E-state index contributed by atoms with van der Waals surface area (Å²) in [6.07, 6.45) is 1.67. The molecule has 3 aromatic rings. The number of imide groups is 1. The van der Waals surface area contributed by atoms with E-state index >= 15 is 0 Å². The predicted molar refractivity (Wildman–Crippen MR) is 110 cm³/mol. The van der Waals surface area contributed by atoms with E-state index < -0.39 is 17.8 Å². The number of hydrogen-bond acceptors (Lipinski definition) is 8. The van der Waals surface area contributed by atoms with Crippen LogP contribution in [0.5, 0.6) is 0 Å². The van der Waals surface area contributed by atoms with Crippen molar-refractivity contribution in [3.8, 4) is 0 Å². The number of aromatic nitrogens is 5. The molecule has 2 aliphatic rings. The van der Waals surface area contributed by atoms with Gasteiger partial charge in [-0.2, -0.15) is 32.8 Å². The van der Waals surface area contributed by atoms with E-state index in [1.807, 2.05) is 0 Å². The molecule has 0 bridgehead atoms. The third kappa shape index (κ3) is 4.47. The Morgan fingerprint density at radius 1 is 1.18 bits per heavy atom. The molecule has 3 aromatic heterocycles. The first-order chi connectivity index (χ1) is 15.8. The first-order valence-electron chi connectivity index (χ1n) is 10.1. The van der Waals surface area contributed by atoms with Crippen LogP contribution < -0.4 is 16.0 Å². The molecule has 3 N–H and O–H groups in total. The number of carbonyl (C=O) groups excluding carboxylic acids is 2. The van der Waals surface area contributed by atoms with Crippen molar-refractivity contribution in [2.24, 2.45) is 0 Å². The van der Waals surface area contributed by atoms with Crippen LogP contribution in [0.2, 0.25) is 0 Å². The fourth-order valence-corrected chi connectivity index (χ4v) is 3.27. The molecular weight excluding hydrogens is 441 g/mol. The van der Waals surface area contributed by atoms with Gasteiger partial charge >= 0.3 is 6.18 Å². The zero-order valence-corrected chi connectivity index (χ0v) is 17.0. The van der Waals surface area contributed by atoms with Gasteiger partial charge in [0.15, 0.2) is 5.65 Å². The summed E-state index contributed by atoms with van der Waals surface area (Å²) in [7, 11) is 0. The summed E-state index contributed by atoms with van der Waals surface area (Å²) in [6.45, 7) is 0.144. The summed E-state index contributed by atoms with van der Waals surface area (Å²) in [4.78, 5) is 35.7. The lowest BCUT2D eigenvalue weighted by Crippen LogP contribution is -2.19. The molecule has 1 saturated heterocycles. The molecule has 1 aliphatic heterocycles. The Bertz CT molecular complexity index is 1280. The van der Waals surface area contributed by atoms with Crippen LogP contribution in [0.25, 0.3) is 11.7 Å². The lowest BCUT2D eigenvalue weighted by Gasteiger charge is -2.11.